The Balaban J connectivity index is 1.60. The van der Waals surface area contributed by atoms with E-state index in [1.54, 1.807) is 6.92 Å². The molecule has 1 heterocycles. The van der Waals surface area contributed by atoms with Gasteiger partial charge in [-0.2, -0.15) is 0 Å². The average molecular weight is 593 g/mol. The number of nitrogens with one attached hydrogen (secondary N) is 2. The molecule has 0 bridgehead atoms. The van der Waals surface area contributed by atoms with Crippen LogP contribution in [0.1, 0.15) is 23.6 Å². The van der Waals surface area contributed by atoms with Crippen molar-refractivity contribution in [1.29, 1.82) is 0 Å². The summed E-state index contributed by atoms with van der Waals surface area (Å²) in [6.07, 6.45) is 1.19. The maximum absolute atomic E-state index is 13.2. The quantitative estimate of drug-likeness (QED) is 0.153. The zero-order valence-corrected chi connectivity index (χ0v) is 23.5. The van der Waals surface area contributed by atoms with Gasteiger partial charge in [0.05, 0.1) is 22.2 Å². The van der Waals surface area contributed by atoms with Crippen molar-refractivity contribution in [2.45, 2.75) is 20.8 Å². The van der Waals surface area contributed by atoms with Crippen LogP contribution in [-0.2, 0) is 14.4 Å². The summed E-state index contributed by atoms with van der Waals surface area (Å²) in [6, 6.07) is 12.3. The molecule has 0 spiro atoms. The topological polar surface area (TPSA) is 157 Å². The fraction of sp³-hybridized carbons (Fsp3) is 0.172. The van der Waals surface area contributed by atoms with Gasteiger partial charge in [0.15, 0.2) is 18.1 Å². The van der Waals surface area contributed by atoms with E-state index in [1.165, 1.54) is 36.4 Å². The van der Waals surface area contributed by atoms with Crippen molar-refractivity contribution in [3.05, 3.63) is 92.0 Å². The second kappa shape index (κ2) is 12.5. The summed E-state index contributed by atoms with van der Waals surface area (Å²) in [5.74, 6) is -2.17. The van der Waals surface area contributed by atoms with Gasteiger partial charge in [0.25, 0.3) is 23.4 Å². The number of urea groups is 1. The molecule has 0 saturated carbocycles. The number of amides is 5. The van der Waals surface area contributed by atoms with E-state index in [2.05, 4.69) is 10.6 Å². The number of nitrogens with zero attached hydrogens (tertiary/aromatic N) is 2. The number of benzene rings is 3. The molecule has 0 radical (unpaired) electrons. The van der Waals surface area contributed by atoms with Crippen molar-refractivity contribution in [2.24, 2.45) is 0 Å². The van der Waals surface area contributed by atoms with Gasteiger partial charge in [-0.15, -0.1) is 0 Å². The number of nitro benzene ring substituents is 1. The van der Waals surface area contributed by atoms with E-state index in [-0.39, 0.29) is 46.7 Å². The zero-order chi connectivity index (χ0) is 30.6. The molecule has 1 aliphatic heterocycles. The van der Waals surface area contributed by atoms with Crippen LogP contribution in [0, 0.1) is 24.0 Å². The Bertz CT molecular complexity index is 1650. The van der Waals surface area contributed by atoms with E-state index >= 15 is 0 Å². The van der Waals surface area contributed by atoms with Gasteiger partial charge in [0, 0.05) is 17.8 Å². The van der Waals surface area contributed by atoms with E-state index in [0.29, 0.717) is 10.6 Å². The Hall–Kier alpha value is -5.23. The highest BCUT2D eigenvalue weighted by atomic mass is 35.5. The molecular weight excluding hydrogens is 568 g/mol. The molecular formula is C29H25ClN4O8. The number of non-ortho nitro benzene ring substituents is 1. The molecule has 0 aromatic heterocycles. The Morgan fingerprint density at radius 1 is 1.10 bits per heavy atom. The Morgan fingerprint density at radius 2 is 1.86 bits per heavy atom. The zero-order valence-electron chi connectivity index (χ0n) is 22.7. The molecule has 1 saturated heterocycles. The molecule has 4 rings (SSSR count). The van der Waals surface area contributed by atoms with Crippen molar-refractivity contribution in [2.75, 3.05) is 23.4 Å². The van der Waals surface area contributed by atoms with Crippen molar-refractivity contribution in [3.8, 4) is 11.5 Å². The van der Waals surface area contributed by atoms with Crippen LogP contribution in [0.2, 0.25) is 5.02 Å². The molecule has 2 N–H and O–H groups in total. The van der Waals surface area contributed by atoms with E-state index < -0.39 is 34.2 Å². The lowest BCUT2D eigenvalue weighted by Gasteiger charge is -2.26. The van der Waals surface area contributed by atoms with Crippen LogP contribution in [0.5, 0.6) is 11.5 Å². The number of halogens is 1. The summed E-state index contributed by atoms with van der Waals surface area (Å²) in [6.45, 7) is 5.31. The second-order valence-electron chi connectivity index (χ2n) is 9.15. The maximum atomic E-state index is 13.2. The van der Waals surface area contributed by atoms with Gasteiger partial charge in [-0.05, 0) is 67.8 Å². The normalized spacial score (nSPS) is 14.0. The van der Waals surface area contributed by atoms with E-state index in [4.69, 9.17) is 21.1 Å². The minimum atomic E-state index is -1.06. The lowest BCUT2D eigenvalue weighted by atomic mass is 10.1. The molecule has 42 heavy (non-hydrogen) atoms. The van der Waals surface area contributed by atoms with Crippen LogP contribution >= 0.6 is 11.6 Å². The smallest absolute Gasteiger partial charge is 0.335 e. The number of rotatable bonds is 9. The number of ether oxygens (including phenoxy) is 2. The monoisotopic (exact) mass is 592 g/mol. The largest absolute Gasteiger partial charge is 0.490 e. The number of aryl methyl sites for hydroxylation is 2. The number of anilines is 2. The first kappa shape index (κ1) is 29.7. The van der Waals surface area contributed by atoms with Crippen LogP contribution < -0.4 is 25.0 Å². The molecule has 0 atom stereocenters. The summed E-state index contributed by atoms with van der Waals surface area (Å²) >= 11 is 6.47. The Kier molecular flexibility index (Phi) is 8.87. The summed E-state index contributed by atoms with van der Waals surface area (Å²) in [5, 5.41) is 16.1. The minimum Gasteiger partial charge on any atom is -0.490 e. The third-order valence-electron chi connectivity index (χ3n) is 6.06. The van der Waals surface area contributed by atoms with Crippen LogP contribution in [-0.4, -0.2) is 41.9 Å². The van der Waals surface area contributed by atoms with Gasteiger partial charge < -0.3 is 14.8 Å². The molecule has 0 aliphatic carbocycles. The lowest BCUT2D eigenvalue weighted by Crippen LogP contribution is -2.54. The molecule has 216 valence electrons. The van der Waals surface area contributed by atoms with Crippen molar-refractivity contribution in [3.63, 3.8) is 0 Å². The first-order chi connectivity index (χ1) is 20.0. The third-order valence-corrected chi connectivity index (χ3v) is 6.34. The predicted molar refractivity (Wildman–Crippen MR) is 155 cm³/mol. The Morgan fingerprint density at radius 3 is 2.57 bits per heavy atom. The number of barbiturate groups is 1. The molecule has 3 aromatic rings. The van der Waals surface area contributed by atoms with Crippen molar-refractivity contribution >= 4 is 58.5 Å². The van der Waals surface area contributed by atoms with Gasteiger partial charge in [-0.25, -0.2) is 9.69 Å². The average Bonchev–Trinajstić information content (AvgIpc) is 2.93. The van der Waals surface area contributed by atoms with Crippen molar-refractivity contribution < 1.29 is 33.6 Å². The van der Waals surface area contributed by atoms with Gasteiger partial charge in [0.2, 0.25) is 0 Å². The number of carbonyl (C=O) groups is 4. The SMILES string of the molecule is CCOc1cc(/C=C2/C(=O)NC(=O)N(c3cccc([N+](=O)[O-])c3)C2=O)cc(Cl)c1OCC(=O)Nc1cc(C)ccc1C. The van der Waals surface area contributed by atoms with E-state index in [0.717, 1.165) is 17.2 Å². The molecule has 1 aliphatic rings. The summed E-state index contributed by atoms with van der Waals surface area (Å²) in [7, 11) is 0. The molecule has 1 fully saturated rings. The van der Waals surface area contributed by atoms with E-state index in [1.807, 2.05) is 32.0 Å². The maximum Gasteiger partial charge on any atom is 0.335 e. The highest BCUT2D eigenvalue weighted by Crippen LogP contribution is 2.38. The number of hydrogen-bond donors (Lipinski definition) is 2. The highest BCUT2D eigenvalue weighted by Gasteiger charge is 2.37. The van der Waals surface area contributed by atoms with Crippen LogP contribution in [0.25, 0.3) is 6.08 Å². The first-order valence-electron chi connectivity index (χ1n) is 12.6. The lowest BCUT2D eigenvalue weighted by molar-refractivity contribution is -0.384. The van der Waals surface area contributed by atoms with Gasteiger partial charge in [0.1, 0.15) is 5.57 Å². The highest BCUT2D eigenvalue weighted by molar-refractivity contribution is 6.39. The van der Waals surface area contributed by atoms with Gasteiger partial charge in [-0.1, -0.05) is 29.8 Å². The van der Waals surface area contributed by atoms with Crippen molar-refractivity contribution in [1.82, 2.24) is 5.32 Å². The van der Waals surface area contributed by atoms with Crippen LogP contribution in [0.15, 0.2) is 60.2 Å². The van der Waals surface area contributed by atoms with Crippen LogP contribution in [0.3, 0.4) is 0 Å². The molecule has 3 aromatic carbocycles. The Labute approximate surface area is 245 Å². The summed E-state index contributed by atoms with van der Waals surface area (Å²) in [4.78, 5) is 62.1. The van der Waals surface area contributed by atoms with E-state index in [9.17, 15) is 29.3 Å². The number of imide groups is 2. The predicted octanol–water partition coefficient (Wildman–Crippen LogP) is 4.95. The standard InChI is InChI=1S/C29H25ClN4O8/c1-4-41-24-13-18(12-22(30)26(24)42-15-25(35)31-23-10-16(2)8-9-17(23)3)11-21-27(36)32-29(38)33(28(21)37)19-6-5-7-20(14-19)34(39)40/h5-14H,4,15H2,1-3H3,(H,31,35)(H,32,36,38)/b21-11-. The molecule has 0 unspecified atom stereocenters. The molecule has 12 nitrogen and oxygen atoms in total. The molecule has 13 heteroatoms. The summed E-state index contributed by atoms with van der Waals surface area (Å²) < 4.78 is 11.3. The molecule has 5 amide bonds. The number of hydrogen-bond acceptors (Lipinski definition) is 8. The third kappa shape index (κ3) is 6.56. The fourth-order valence-electron chi connectivity index (χ4n) is 4.07. The number of carbonyl (C=O) groups excluding carboxylic acids is 4. The summed E-state index contributed by atoms with van der Waals surface area (Å²) in [5.41, 5.74) is 1.89. The number of nitro groups is 1. The second-order valence-corrected chi connectivity index (χ2v) is 9.56. The van der Waals surface area contributed by atoms with Gasteiger partial charge in [-0.3, -0.25) is 29.8 Å². The minimum absolute atomic E-state index is 0.0302. The van der Waals surface area contributed by atoms with Gasteiger partial charge >= 0.3 is 6.03 Å². The van der Waals surface area contributed by atoms with Crippen LogP contribution in [0.4, 0.5) is 21.9 Å². The first-order valence-corrected chi connectivity index (χ1v) is 13.0. The fourth-order valence-corrected chi connectivity index (χ4v) is 4.35.